The lowest BCUT2D eigenvalue weighted by Crippen LogP contribution is -2.16. The van der Waals surface area contributed by atoms with Gasteiger partial charge in [0.05, 0.1) is 12.2 Å². The fourth-order valence-corrected chi connectivity index (χ4v) is 3.34. The Morgan fingerprint density at radius 1 is 1.25 bits per heavy atom. The number of anilines is 1. The van der Waals surface area contributed by atoms with Gasteiger partial charge in [0.1, 0.15) is 5.01 Å². The van der Waals surface area contributed by atoms with E-state index < -0.39 is 0 Å². The normalized spacial score (nSPS) is 12.5. The number of hydrogen-bond donors (Lipinski definition) is 1. The molecular formula is C18H22N4OS. The molecule has 0 saturated heterocycles. The summed E-state index contributed by atoms with van der Waals surface area (Å²) >= 11 is 1.47. The van der Waals surface area contributed by atoms with Crippen LogP contribution in [0.2, 0.25) is 0 Å². The first-order valence-electron chi connectivity index (χ1n) is 8.33. The lowest BCUT2D eigenvalue weighted by Gasteiger charge is -2.11. The Hall–Kier alpha value is -2.21. The van der Waals surface area contributed by atoms with Crippen LogP contribution in [-0.2, 0) is 13.0 Å². The predicted molar refractivity (Wildman–Crippen MR) is 99.0 cm³/mol. The van der Waals surface area contributed by atoms with Crippen LogP contribution in [0.25, 0.3) is 4.96 Å². The van der Waals surface area contributed by atoms with Crippen LogP contribution in [0.5, 0.6) is 0 Å². The minimum Gasteiger partial charge on any atom is -0.379 e. The highest BCUT2D eigenvalue weighted by atomic mass is 32.1. The second kappa shape index (κ2) is 7.13. The zero-order valence-corrected chi connectivity index (χ0v) is 15.1. The number of benzene rings is 1. The van der Waals surface area contributed by atoms with Crippen molar-refractivity contribution >= 4 is 22.0 Å². The summed E-state index contributed by atoms with van der Waals surface area (Å²) in [5.74, 6) is 0.572. The van der Waals surface area contributed by atoms with Crippen LogP contribution in [0, 0.1) is 0 Å². The molecule has 0 fully saturated rings. The SMILES string of the molecule is CCc1nn2c(=O)cc(CNc3ccc([C@@H](C)CC)cc3)nc2s1. The minimum absolute atomic E-state index is 0.125. The number of rotatable bonds is 6. The average molecular weight is 342 g/mol. The quantitative estimate of drug-likeness (QED) is 0.739. The highest BCUT2D eigenvalue weighted by Crippen LogP contribution is 2.20. The van der Waals surface area contributed by atoms with Crippen molar-refractivity contribution in [2.75, 3.05) is 5.32 Å². The molecule has 0 spiro atoms. The van der Waals surface area contributed by atoms with Crippen LogP contribution in [-0.4, -0.2) is 14.6 Å². The molecule has 0 amide bonds. The van der Waals surface area contributed by atoms with Gasteiger partial charge in [-0.1, -0.05) is 44.2 Å². The Labute approximate surface area is 145 Å². The van der Waals surface area contributed by atoms with E-state index >= 15 is 0 Å². The molecule has 2 aromatic heterocycles. The van der Waals surface area contributed by atoms with E-state index in [9.17, 15) is 4.79 Å². The van der Waals surface area contributed by atoms with Gasteiger partial charge in [0.25, 0.3) is 5.56 Å². The van der Waals surface area contributed by atoms with Gasteiger partial charge in [0, 0.05) is 11.8 Å². The highest BCUT2D eigenvalue weighted by molar-refractivity contribution is 7.16. The fraction of sp³-hybridized carbons (Fsp3) is 0.389. The molecule has 126 valence electrons. The van der Waals surface area contributed by atoms with Crippen LogP contribution >= 0.6 is 11.3 Å². The molecule has 0 bridgehead atoms. The third-order valence-corrected chi connectivity index (χ3v) is 5.26. The summed E-state index contributed by atoms with van der Waals surface area (Å²) in [6, 6.07) is 10.0. The summed E-state index contributed by atoms with van der Waals surface area (Å²) in [5.41, 5.74) is 2.98. The molecule has 3 aromatic rings. The zero-order chi connectivity index (χ0) is 17.1. The molecular weight excluding hydrogens is 320 g/mol. The maximum atomic E-state index is 12.1. The molecule has 24 heavy (non-hydrogen) atoms. The third kappa shape index (κ3) is 3.48. The van der Waals surface area contributed by atoms with Gasteiger partial charge in [-0.2, -0.15) is 9.61 Å². The molecule has 1 atom stereocenters. The van der Waals surface area contributed by atoms with Crippen LogP contribution < -0.4 is 10.9 Å². The summed E-state index contributed by atoms with van der Waals surface area (Å²) in [7, 11) is 0. The first-order chi connectivity index (χ1) is 11.6. The Bertz CT molecular complexity index is 882. The molecule has 1 aromatic carbocycles. The van der Waals surface area contributed by atoms with Gasteiger partial charge in [-0.25, -0.2) is 4.98 Å². The van der Waals surface area contributed by atoms with Crippen molar-refractivity contribution in [1.29, 1.82) is 0 Å². The summed E-state index contributed by atoms with van der Waals surface area (Å²) < 4.78 is 1.38. The predicted octanol–water partition coefficient (Wildman–Crippen LogP) is 3.84. The molecule has 5 nitrogen and oxygen atoms in total. The van der Waals surface area contributed by atoms with E-state index in [-0.39, 0.29) is 5.56 Å². The van der Waals surface area contributed by atoms with Gasteiger partial charge in [-0.15, -0.1) is 0 Å². The number of nitrogens with zero attached hydrogens (tertiary/aromatic N) is 3. The van der Waals surface area contributed by atoms with Gasteiger partial charge in [0.15, 0.2) is 0 Å². The number of hydrogen-bond acceptors (Lipinski definition) is 5. The van der Waals surface area contributed by atoms with E-state index in [4.69, 9.17) is 0 Å². The first kappa shape index (κ1) is 16.6. The molecule has 0 aliphatic heterocycles. The molecule has 6 heteroatoms. The van der Waals surface area contributed by atoms with E-state index in [0.29, 0.717) is 17.4 Å². The Morgan fingerprint density at radius 3 is 2.67 bits per heavy atom. The smallest absolute Gasteiger partial charge is 0.275 e. The summed E-state index contributed by atoms with van der Waals surface area (Å²) in [5, 5.41) is 8.52. The second-order valence-electron chi connectivity index (χ2n) is 5.91. The summed E-state index contributed by atoms with van der Waals surface area (Å²) in [6.45, 7) is 6.97. The second-order valence-corrected chi connectivity index (χ2v) is 6.95. The molecule has 0 radical (unpaired) electrons. The zero-order valence-electron chi connectivity index (χ0n) is 14.2. The largest absolute Gasteiger partial charge is 0.379 e. The van der Waals surface area contributed by atoms with E-state index in [1.807, 2.05) is 6.92 Å². The standard InChI is InChI=1S/C18H22N4OS/c1-4-12(3)13-6-8-14(9-7-13)19-11-15-10-17(23)22-18(20-15)24-16(5-2)21-22/h6-10,12,19H,4-5,11H2,1-3H3/t12-/m0/s1. The monoisotopic (exact) mass is 342 g/mol. The van der Waals surface area contributed by atoms with Gasteiger partial charge in [-0.3, -0.25) is 4.79 Å². The van der Waals surface area contributed by atoms with Crippen LogP contribution in [0.4, 0.5) is 5.69 Å². The summed E-state index contributed by atoms with van der Waals surface area (Å²) in [6.07, 6.45) is 1.94. The lowest BCUT2D eigenvalue weighted by molar-refractivity contribution is 0.734. The molecule has 0 aliphatic carbocycles. The fourth-order valence-electron chi connectivity index (χ4n) is 2.49. The van der Waals surface area contributed by atoms with Crippen LogP contribution in [0.3, 0.4) is 0 Å². The van der Waals surface area contributed by atoms with E-state index in [1.165, 1.54) is 21.4 Å². The molecule has 0 saturated carbocycles. The number of nitrogens with one attached hydrogen (secondary N) is 1. The van der Waals surface area contributed by atoms with Crippen molar-refractivity contribution in [1.82, 2.24) is 14.6 Å². The van der Waals surface area contributed by atoms with Crippen molar-refractivity contribution in [3.8, 4) is 0 Å². The Morgan fingerprint density at radius 2 is 2.00 bits per heavy atom. The topological polar surface area (TPSA) is 59.3 Å². The lowest BCUT2D eigenvalue weighted by atomic mass is 9.99. The maximum Gasteiger partial charge on any atom is 0.275 e. The van der Waals surface area contributed by atoms with E-state index in [0.717, 1.165) is 29.2 Å². The third-order valence-electron chi connectivity index (χ3n) is 4.21. The molecule has 0 aliphatic rings. The molecule has 2 heterocycles. The first-order valence-corrected chi connectivity index (χ1v) is 9.14. The average Bonchev–Trinajstić information content (AvgIpc) is 3.03. The van der Waals surface area contributed by atoms with Gasteiger partial charge >= 0.3 is 0 Å². The number of aryl methyl sites for hydroxylation is 1. The Kier molecular flexibility index (Phi) is 4.94. The highest BCUT2D eigenvalue weighted by Gasteiger charge is 2.08. The van der Waals surface area contributed by atoms with Crippen molar-refractivity contribution in [2.24, 2.45) is 0 Å². The number of fused-ring (bicyclic) bond motifs is 1. The van der Waals surface area contributed by atoms with E-state index in [2.05, 4.69) is 53.5 Å². The van der Waals surface area contributed by atoms with Gasteiger partial charge in [-0.05, 0) is 36.5 Å². The number of aromatic nitrogens is 3. The molecule has 0 unspecified atom stereocenters. The maximum absolute atomic E-state index is 12.1. The molecule has 1 N–H and O–H groups in total. The van der Waals surface area contributed by atoms with Crippen molar-refractivity contribution in [3.05, 3.63) is 57.0 Å². The minimum atomic E-state index is -0.125. The van der Waals surface area contributed by atoms with Gasteiger partial charge in [0.2, 0.25) is 4.96 Å². The Balaban J connectivity index is 1.74. The van der Waals surface area contributed by atoms with E-state index in [1.54, 1.807) is 6.07 Å². The van der Waals surface area contributed by atoms with Crippen LogP contribution in [0.1, 0.15) is 49.4 Å². The van der Waals surface area contributed by atoms with Crippen LogP contribution in [0.15, 0.2) is 35.1 Å². The van der Waals surface area contributed by atoms with Crippen molar-refractivity contribution < 1.29 is 0 Å². The van der Waals surface area contributed by atoms with Crippen molar-refractivity contribution in [3.63, 3.8) is 0 Å². The molecule has 3 rings (SSSR count). The summed E-state index contributed by atoms with van der Waals surface area (Å²) in [4.78, 5) is 17.3. The van der Waals surface area contributed by atoms with Gasteiger partial charge < -0.3 is 5.32 Å². The van der Waals surface area contributed by atoms with Crippen molar-refractivity contribution in [2.45, 2.75) is 46.1 Å².